The van der Waals surface area contributed by atoms with Crippen molar-refractivity contribution in [1.82, 2.24) is 20.2 Å². The van der Waals surface area contributed by atoms with E-state index in [-0.39, 0.29) is 5.41 Å². The molecule has 0 unspecified atom stereocenters. The highest BCUT2D eigenvalue weighted by molar-refractivity contribution is 4.66. The molecule has 0 atom stereocenters. The van der Waals surface area contributed by atoms with Crippen molar-refractivity contribution in [3.63, 3.8) is 0 Å². The fraction of sp³-hybridized carbons (Fsp3) is 0.857. The Morgan fingerprint density at radius 3 is 2.64 bits per heavy atom. The molecule has 0 fully saturated rings. The number of nitrogens with zero attached hydrogens (tertiary/aromatic N) is 4. The summed E-state index contributed by atoms with van der Waals surface area (Å²) in [6.07, 6.45) is 2.78. The predicted molar refractivity (Wildman–Crippen MR) is 41.9 cm³/mol. The Labute approximate surface area is 66.6 Å². The van der Waals surface area contributed by atoms with Gasteiger partial charge in [0, 0.05) is 6.54 Å². The van der Waals surface area contributed by atoms with E-state index in [1.807, 2.05) is 0 Å². The largest absolute Gasteiger partial charge is 0.232 e. The van der Waals surface area contributed by atoms with Crippen LogP contribution < -0.4 is 0 Å². The Bertz CT molecular complexity index is 202. The topological polar surface area (TPSA) is 43.6 Å². The van der Waals surface area contributed by atoms with Crippen LogP contribution in [0.3, 0.4) is 0 Å². The Morgan fingerprint density at radius 1 is 1.45 bits per heavy atom. The van der Waals surface area contributed by atoms with E-state index in [4.69, 9.17) is 0 Å². The second-order valence-electron chi connectivity index (χ2n) is 3.53. The second kappa shape index (κ2) is 2.98. The fourth-order valence-electron chi connectivity index (χ4n) is 0.803. The van der Waals surface area contributed by atoms with Crippen LogP contribution in [0.5, 0.6) is 0 Å². The molecule has 1 rings (SSSR count). The zero-order valence-corrected chi connectivity index (χ0v) is 7.28. The standard InChI is InChI=1S/C7H14N4/c1-4-7(2,3)5-11-6-8-9-10-11/h6H,4-5H2,1-3H3. The van der Waals surface area contributed by atoms with Crippen molar-refractivity contribution in [2.24, 2.45) is 5.41 Å². The van der Waals surface area contributed by atoms with E-state index in [9.17, 15) is 0 Å². The lowest BCUT2D eigenvalue weighted by molar-refractivity contribution is 0.277. The first kappa shape index (κ1) is 8.17. The highest BCUT2D eigenvalue weighted by Crippen LogP contribution is 2.20. The van der Waals surface area contributed by atoms with E-state index in [0.29, 0.717) is 0 Å². The summed E-state index contributed by atoms with van der Waals surface area (Å²) in [6.45, 7) is 7.46. The molecule has 11 heavy (non-hydrogen) atoms. The van der Waals surface area contributed by atoms with Crippen molar-refractivity contribution in [1.29, 1.82) is 0 Å². The summed E-state index contributed by atoms with van der Waals surface area (Å²) in [6, 6.07) is 0. The molecule has 1 heterocycles. The molecule has 1 aromatic rings. The molecule has 0 aliphatic carbocycles. The van der Waals surface area contributed by atoms with Gasteiger partial charge in [0.1, 0.15) is 6.33 Å². The van der Waals surface area contributed by atoms with E-state index in [2.05, 4.69) is 36.3 Å². The van der Waals surface area contributed by atoms with Gasteiger partial charge in [0.25, 0.3) is 0 Å². The molecule has 0 saturated carbocycles. The summed E-state index contributed by atoms with van der Waals surface area (Å²) in [5, 5.41) is 11.0. The summed E-state index contributed by atoms with van der Waals surface area (Å²) in [5.74, 6) is 0. The van der Waals surface area contributed by atoms with Crippen LogP contribution in [0.15, 0.2) is 6.33 Å². The molecule has 0 N–H and O–H groups in total. The molecule has 0 spiro atoms. The zero-order chi connectivity index (χ0) is 8.32. The lowest BCUT2D eigenvalue weighted by Crippen LogP contribution is -2.18. The summed E-state index contributed by atoms with van der Waals surface area (Å²) in [4.78, 5) is 0. The zero-order valence-electron chi connectivity index (χ0n) is 7.28. The smallest absolute Gasteiger partial charge is 0.138 e. The summed E-state index contributed by atoms with van der Waals surface area (Å²) in [7, 11) is 0. The molecule has 4 nitrogen and oxygen atoms in total. The Balaban J connectivity index is 2.56. The lowest BCUT2D eigenvalue weighted by atomic mass is 9.90. The van der Waals surface area contributed by atoms with Crippen LogP contribution in [-0.4, -0.2) is 20.2 Å². The van der Waals surface area contributed by atoms with Gasteiger partial charge in [-0.2, -0.15) is 0 Å². The van der Waals surface area contributed by atoms with E-state index in [1.165, 1.54) is 0 Å². The van der Waals surface area contributed by atoms with E-state index in [1.54, 1.807) is 11.0 Å². The maximum atomic E-state index is 3.80. The van der Waals surface area contributed by atoms with Gasteiger partial charge in [-0.25, -0.2) is 4.68 Å². The average Bonchev–Trinajstić information content (AvgIpc) is 2.39. The van der Waals surface area contributed by atoms with Crippen molar-refractivity contribution in [3.8, 4) is 0 Å². The summed E-state index contributed by atoms with van der Waals surface area (Å²) >= 11 is 0. The Hall–Kier alpha value is -0.930. The highest BCUT2D eigenvalue weighted by atomic mass is 15.5. The third-order valence-electron chi connectivity index (χ3n) is 1.94. The molecule has 0 bridgehead atoms. The number of aromatic nitrogens is 4. The average molecular weight is 154 g/mol. The molecule has 0 aliphatic heterocycles. The van der Waals surface area contributed by atoms with Gasteiger partial charge in [0.2, 0.25) is 0 Å². The normalized spacial score (nSPS) is 11.9. The number of tetrazole rings is 1. The summed E-state index contributed by atoms with van der Waals surface area (Å²) < 4.78 is 1.77. The SMILES string of the molecule is CCC(C)(C)Cn1cnnn1. The van der Waals surface area contributed by atoms with Gasteiger partial charge in [-0.1, -0.05) is 20.8 Å². The van der Waals surface area contributed by atoms with Gasteiger partial charge in [-0.15, -0.1) is 5.10 Å². The van der Waals surface area contributed by atoms with Crippen LogP contribution in [0.25, 0.3) is 0 Å². The van der Waals surface area contributed by atoms with Crippen LogP contribution in [0.1, 0.15) is 27.2 Å². The first-order chi connectivity index (χ1) is 5.14. The summed E-state index contributed by atoms with van der Waals surface area (Å²) in [5.41, 5.74) is 0.287. The Morgan fingerprint density at radius 2 is 2.18 bits per heavy atom. The predicted octanol–water partition coefficient (Wildman–Crippen LogP) is 1.11. The van der Waals surface area contributed by atoms with Gasteiger partial charge in [0.15, 0.2) is 0 Å². The number of hydrogen-bond donors (Lipinski definition) is 0. The van der Waals surface area contributed by atoms with E-state index in [0.717, 1.165) is 13.0 Å². The van der Waals surface area contributed by atoms with Crippen LogP contribution in [0.2, 0.25) is 0 Å². The minimum Gasteiger partial charge on any atom is -0.232 e. The molecule has 1 aromatic heterocycles. The second-order valence-corrected chi connectivity index (χ2v) is 3.53. The molecular weight excluding hydrogens is 140 g/mol. The van der Waals surface area contributed by atoms with Gasteiger partial charge in [0.05, 0.1) is 0 Å². The van der Waals surface area contributed by atoms with Crippen LogP contribution in [0.4, 0.5) is 0 Å². The van der Waals surface area contributed by atoms with Gasteiger partial charge in [-0.05, 0) is 22.3 Å². The molecule has 0 aliphatic rings. The van der Waals surface area contributed by atoms with Gasteiger partial charge in [-0.3, -0.25) is 0 Å². The van der Waals surface area contributed by atoms with E-state index >= 15 is 0 Å². The van der Waals surface area contributed by atoms with Gasteiger partial charge >= 0.3 is 0 Å². The van der Waals surface area contributed by atoms with Crippen molar-refractivity contribution in [2.75, 3.05) is 0 Å². The van der Waals surface area contributed by atoms with Crippen LogP contribution >= 0.6 is 0 Å². The quantitative estimate of drug-likeness (QED) is 0.655. The number of rotatable bonds is 3. The van der Waals surface area contributed by atoms with Crippen LogP contribution in [-0.2, 0) is 6.54 Å². The fourth-order valence-corrected chi connectivity index (χ4v) is 0.803. The minimum absolute atomic E-state index is 0.287. The molecule has 0 amide bonds. The third-order valence-corrected chi connectivity index (χ3v) is 1.94. The van der Waals surface area contributed by atoms with Crippen LogP contribution in [0, 0.1) is 5.41 Å². The molecule has 4 heteroatoms. The van der Waals surface area contributed by atoms with Crippen molar-refractivity contribution in [2.45, 2.75) is 33.7 Å². The maximum Gasteiger partial charge on any atom is 0.138 e. The first-order valence-electron chi connectivity index (χ1n) is 3.85. The monoisotopic (exact) mass is 154 g/mol. The lowest BCUT2D eigenvalue weighted by Gasteiger charge is -2.21. The highest BCUT2D eigenvalue weighted by Gasteiger charge is 2.15. The Kier molecular flexibility index (Phi) is 2.22. The number of hydrogen-bond acceptors (Lipinski definition) is 3. The molecular formula is C7H14N4. The molecule has 0 radical (unpaired) electrons. The van der Waals surface area contributed by atoms with Crippen molar-refractivity contribution in [3.05, 3.63) is 6.33 Å². The van der Waals surface area contributed by atoms with E-state index < -0.39 is 0 Å². The first-order valence-corrected chi connectivity index (χ1v) is 3.85. The van der Waals surface area contributed by atoms with Gasteiger partial charge < -0.3 is 0 Å². The third kappa shape index (κ3) is 2.29. The molecule has 0 aromatic carbocycles. The molecule has 62 valence electrons. The maximum absolute atomic E-state index is 3.80. The molecule has 0 saturated heterocycles. The van der Waals surface area contributed by atoms with Crippen molar-refractivity contribution < 1.29 is 0 Å². The minimum atomic E-state index is 0.287. The van der Waals surface area contributed by atoms with Crippen molar-refractivity contribution >= 4 is 0 Å².